The van der Waals surface area contributed by atoms with Crippen LogP contribution in [0.15, 0.2) is 18.5 Å². The van der Waals surface area contributed by atoms with Gasteiger partial charge in [-0.1, -0.05) is 13.8 Å². The summed E-state index contributed by atoms with van der Waals surface area (Å²) in [6.07, 6.45) is 1.54. The highest BCUT2D eigenvalue weighted by atomic mass is 19.4. The molecule has 1 amide bonds. The van der Waals surface area contributed by atoms with Crippen LogP contribution in [-0.4, -0.2) is 61.6 Å². The molecule has 36 heavy (non-hydrogen) atoms. The first-order valence-electron chi connectivity index (χ1n) is 12.7. The molecule has 2 atom stereocenters. The summed E-state index contributed by atoms with van der Waals surface area (Å²) in [6, 6.07) is 2.14. The first-order chi connectivity index (χ1) is 17.1. The van der Waals surface area contributed by atoms with Crippen LogP contribution in [0.2, 0.25) is 0 Å². The summed E-state index contributed by atoms with van der Waals surface area (Å²) in [5, 5.41) is 11.5. The molecule has 196 valence electrons. The average Bonchev–Trinajstić information content (AvgIpc) is 3.54. The number of halogens is 4. The van der Waals surface area contributed by atoms with Gasteiger partial charge in [-0.3, -0.25) is 4.79 Å². The second-order valence-electron chi connectivity index (χ2n) is 10.8. The zero-order chi connectivity index (χ0) is 25.7. The van der Waals surface area contributed by atoms with Gasteiger partial charge in [-0.2, -0.15) is 13.2 Å². The number of tetrazole rings is 1. The first kappa shape index (κ1) is 25.1. The summed E-state index contributed by atoms with van der Waals surface area (Å²) in [4.78, 5) is 18.1. The fourth-order valence-corrected chi connectivity index (χ4v) is 6.48. The topological polar surface area (TPSA) is 67.2 Å². The average molecular weight is 509 g/mol. The predicted molar refractivity (Wildman–Crippen MR) is 123 cm³/mol. The first-order valence-corrected chi connectivity index (χ1v) is 12.7. The van der Waals surface area contributed by atoms with Crippen molar-refractivity contribution in [2.75, 3.05) is 19.6 Å². The minimum atomic E-state index is -4.63. The van der Waals surface area contributed by atoms with Crippen LogP contribution in [0, 0.1) is 17.2 Å². The zero-order valence-corrected chi connectivity index (χ0v) is 20.6. The van der Waals surface area contributed by atoms with Crippen molar-refractivity contribution in [3.05, 3.63) is 41.0 Å². The monoisotopic (exact) mass is 508 g/mol. The molecule has 2 aliphatic heterocycles. The molecule has 5 rings (SSSR count). The van der Waals surface area contributed by atoms with Gasteiger partial charge in [0.05, 0.1) is 17.0 Å². The quantitative estimate of drug-likeness (QED) is 0.578. The van der Waals surface area contributed by atoms with Crippen LogP contribution in [0.4, 0.5) is 17.6 Å². The number of piperidine rings is 1. The molecule has 1 aromatic carbocycles. The molecule has 0 spiro atoms. The van der Waals surface area contributed by atoms with Gasteiger partial charge in [-0.05, 0) is 78.1 Å². The van der Waals surface area contributed by atoms with Crippen molar-refractivity contribution in [3.8, 4) is 0 Å². The van der Waals surface area contributed by atoms with Gasteiger partial charge < -0.3 is 9.80 Å². The van der Waals surface area contributed by atoms with Crippen LogP contribution < -0.4 is 0 Å². The molecule has 3 aliphatic rings. The van der Waals surface area contributed by atoms with Crippen molar-refractivity contribution in [2.45, 2.75) is 77.2 Å². The molecule has 1 aromatic heterocycles. The fourth-order valence-electron chi connectivity index (χ4n) is 6.48. The lowest BCUT2D eigenvalue weighted by atomic mass is 9.73. The lowest BCUT2D eigenvalue weighted by molar-refractivity contribution is -0.146. The molecule has 11 heteroatoms. The van der Waals surface area contributed by atoms with E-state index in [0.29, 0.717) is 18.2 Å². The van der Waals surface area contributed by atoms with E-state index in [1.807, 2.05) is 4.68 Å². The van der Waals surface area contributed by atoms with E-state index in [2.05, 4.69) is 34.3 Å². The standard InChI is InChI=1S/C25H32F4N6O/c1-16(2)24(7-3-20(13-24)33-8-4-19(5-9-33)35-15-30-31-32-35)23(36)34-10-6-21-17(14-34)11-18(12-22(21)26)25(27,28)29/h11-12,15-16,19-20H,3-10,13-14H2,1-2H3. The maximum absolute atomic E-state index is 14.4. The normalized spacial score (nSPS) is 26.0. The Morgan fingerprint density at radius 2 is 1.86 bits per heavy atom. The van der Waals surface area contributed by atoms with Crippen molar-refractivity contribution in [2.24, 2.45) is 11.3 Å². The van der Waals surface area contributed by atoms with Crippen LogP contribution in [0.3, 0.4) is 0 Å². The zero-order valence-electron chi connectivity index (χ0n) is 20.6. The van der Waals surface area contributed by atoms with E-state index < -0.39 is 23.0 Å². The van der Waals surface area contributed by atoms with Gasteiger partial charge in [-0.25, -0.2) is 9.07 Å². The Labute approximate surface area is 207 Å². The molecule has 2 fully saturated rings. The number of carbonyl (C=O) groups is 1. The highest BCUT2D eigenvalue weighted by Gasteiger charge is 2.51. The Bertz CT molecular complexity index is 1100. The van der Waals surface area contributed by atoms with Gasteiger partial charge >= 0.3 is 6.18 Å². The van der Waals surface area contributed by atoms with Gasteiger partial charge in [0.1, 0.15) is 12.1 Å². The second kappa shape index (κ2) is 9.39. The number of hydrogen-bond donors (Lipinski definition) is 0. The molecule has 0 N–H and O–H groups in total. The Morgan fingerprint density at radius 1 is 1.11 bits per heavy atom. The number of carbonyl (C=O) groups excluding carboxylic acids is 1. The highest BCUT2D eigenvalue weighted by molar-refractivity contribution is 5.84. The number of benzene rings is 1. The van der Waals surface area contributed by atoms with Crippen molar-refractivity contribution in [1.82, 2.24) is 30.0 Å². The van der Waals surface area contributed by atoms with Gasteiger partial charge in [0.15, 0.2) is 0 Å². The third kappa shape index (κ3) is 4.50. The van der Waals surface area contributed by atoms with Crippen molar-refractivity contribution < 1.29 is 22.4 Å². The van der Waals surface area contributed by atoms with Gasteiger partial charge in [0, 0.05) is 32.2 Å². The van der Waals surface area contributed by atoms with Crippen LogP contribution in [-0.2, 0) is 23.9 Å². The largest absolute Gasteiger partial charge is 0.416 e. The van der Waals surface area contributed by atoms with E-state index in [1.165, 1.54) is 0 Å². The molecular formula is C25H32F4N6O. The molecule has 1 saturated heterocycles. The highest BCUT2D eigenvalue weighted by Crippen LogP contribution is 2.48. The number of alkyl halides is 3. The number of fused-ring (bicyclic) bond motifs is 1. The Morgan fingerprint density at radius 3 is 2.50 bits per heavy atom. The number of likely N-dealkylation sites (tertiary alicyclic amines) is 1. The summed E-state index contributed by atoms with van der Waals surface area (Å²) < 4.78 is 56.1. The SMILES string of the molecule is CC(C)C1(C(=O)N2CCc3c(F)cc(C(F)(F)F)cc3C2)CCC(N2CCC(n3cnnn3)CC2)C1. The summed E-state index contributed by atoms with van der Waals surface area (Å²) in [7, 11) is 0. The molecule has 0 bridgehead atoms. The minimum absolute atomic E-state index is 0.00737. The smallest absolute Gasteiger partial charge is 0.338 e. The third-order valence-corrected chi connectivity index (χ3v) is 8.70. The van der Waals surface area contributed by atoms with E-state index in [1.54, 1.807) is 11.2 Å². The second-order valence-corrected chi connectivity index (χ2v) is 10.8. The lowest BCUT2D eigenvalue weighted by Gasteiger charge is -2.41. The van der Waals surface area contributed by atoms with E-state index in [9.17, 15) is 22.4 Å². The summed E-state index contributed by atoms with van der Waals surface area (Å²) in [5.74, 6) is -0.753. The summed E-state index contributed by atoms with van der Waals surface area (Å²) in [6.45, 7) is 6.28. The summed E-state index contributed by atoms with van der Waals surface area (Å²) >= 11 is 0. The molecule has 3 heterocycles. The predicted octanol–water partition coefficient (Wildman–Crippen LogP) is 4.25. The molecule has 0 radical (unpaired) electrons. The van der Waals surface area contributed by atoms with Crippen molar-refractivity contribution >= 4 is 5.91 Å². The van der Waals surface area contributed by atoms with E-state index >= 15 is 0 Å². The molecule has 1 aliphatic carbocycles. The summed E-state index contributed by atoms with van der Waals surface area (Å²) in [5.41, 5.74) is -1.01. The third-order valence-electron chi connectivity index (χ3n) is 8.70. The maximum atomic E-state index is 14.4. The van der Waals surface area contributed by atoms with Gasteiger partial charge in [-0.15, -0.1) is 5.10 Å². The molecule has 2 aromatic rings. The molecule has 1 saturated carbocycles. The minimum Gasteiger partial charge on any atom is -0.338 e. The fraction of sp³-hybridized carbons (Fsp3) is 0.680. The van der Waals surface area contributed by atoms with Crippen LogP contribution in [0.5, 0.6) is 0 Å². The van der Waals surface area contributed by atoms with E-state index in [-0.39, 0.29) is 42.4 Å². The van der Waals surface area contributed by atoms with Crippen LogP contribution in [0.25, 0.3) is 0 Å². The van der Waals surface area contributed by atoms with Gasteiger partial charge in [0.25, 0.3) is 0 Å². The molecule has 7 nitrogen and oxygen atoms in total. The van der Waals surface area contributed by atoms with Crippen LogP contribution >= 0.6 is 0 Å². The van der Waals surface area contributed by atoms with Crippen molar-refractivity contribution in [3.63, 3.8) is 0 Å². The van der Waals surface area contributed by atoms with E-state index in [0.717, 1.165) is 51.3 Å². The van der Waals surface area contributed by atoms with Crippen LogP contribution in [0.1, 0.15) is 68.7 Å². The molecule has 2 unspecified atom stereocenters. The number of amides is 1. The number of rotatable bonds is 4. The number of aromatic nitrogens is 4. The Hall–Kier alpha value is -2.56. The van der Waals surface area contributed by atoms with Gasteiger partial charge in [0.2, 0.25) is 5.91 Å². The lowest BCUT2D eigenvalue weighted by Crippen LogP contribution is -2.49. The maximum Gasteiger partial charge on any atom is 0.416 e. The number of hydrogen-bond acceptors (Lipinski definition) is 5. The Kier molecular flexibility index (Phi) is 6.55. The molecular weight excluding hydrogens is 476 g/mol. The Balaban J connectivity index is 1.29. The number of nitrogens with zero attached hydrogens (tertiary/aromatic N) is 6. The van der Waals surface area contributed by atoms with Crippen molar-refractivity contribution in [1.29, 1.82) is 0 Å². The van der Waals surface area contributed by atoms with E-state index in [4.69, 9.17) is 0 Å².